The highest BCUT2D eigenvalue weighted by Gasteiger charge is 2.10. The third kappa shape index (κ3) is 0.976. The second-order valence-corrected chi connectivity index (χ2v) is 4.47. The lowest BCUT2D eigenvalue weighted by atomic mass is 10.2. The highest BCUT2D eigenvalue weighted by molar-refractivity contribution is 7.25. The molecule has 14 heavy (non-hydrogen) atoms. The van der Waals surface area contributed by atoms with Gasteiger partial charge in [-0.2, -0.15) is 4.57 Å². The molecule has 0 spiro atoms. The first kappa shape index (κ1) is 7.94. The topological polar surface area (TPSA) is 3.88 Å². The molecule has 0 aliphatic heterocycles. The summed E-state index contributed by atoms with van der Waals surface area (Å²) in [7, 11) is 2.09. The summed E-state index contributed by atoms with van der Waals surface area (Å²) in [5, 5.41) is 2.72. The number of hydrogen-bond donors (Lipinski definition) is 0. The summed E-state index contributed by atoms with van der Waals surface area (Å²) >= 11 is 1.85. The first-order valence-electron chi connectivity index (χ1n) is 4.62. The number of aryl methyl sites for hydroxylation is 1. The Kier molecular flexibility index (Phi) is 1.58. The van der Waals surface area contributed by atoms with E-state index in [0.29, 0.717) is 0 Å². The molecule has 0 amide bonds. The lowest BCUT2D eigenvalue weighted by molar-refractivity contribution is -0.642. The molecule has 68 valence electrons. The maximum atomic E-state index is 2.19. The van der Waals surface area contributed by atoms with Crippen molar-refractivity contribution in [2.75, 3.05) is 0 Å². The van der Waals surface area contributed by atoms with Crippen LogP contribution in [0.1, 0.15) is 0 Å². The largest absolute Gasteiger partial charge is 0.269 e. The van der Waals surface area contributed by atoms with Gasteiger partial charge in [0.25, 0.3) is 4.83 Å². The van der Waals surface area contributed by atoms with E-state index in [-0.39, 0.29) is 0 Å². The van der Waals surface area contributed by atoms with Crippen molar-refractivity contribution in [3.05, 3.63) is 42.6 Å². The second kappa shape index (κ2) is 2.79. The fourth-order valence-corrected chi connectivity index (χ4v) is 2.95. The van der Waals surface area contributed by atoms with Gasteiger partial charge in [0.1, 0.15) is 7.05 Å². The summed E-state index contributed by atoms with van der Waals surface area (Å²) in [5.74, 6) is 0. The molecule has 0 N–H and O–H groups in total. The van der Waals surface area contributed by atoms with Gasteiger partial charge in [-0.05, 0) is 12.1 Å². The van der Waals surface area contributed by atoms with Crippen molar-refractivity contribution in [1.82, 2.24) is 0 Å². The van der Waals surface area contributed by atoms with Crippen molar-refractivity contribution in [2.24, 2.45) is 7.05 Å². The lowest BCUT2D eigenvalue weighted by Gasteiger charge is -1.88. The molecular weight excluding hydrogens is 190 g/mol. The molecule has 0 unspecified atom stereocenters. The van der Waals surface area contributed by atoms with Crippen LogP contribution in [0.5, 0.6) is 0 Å². The summed E-state index contributed by atoms with van der Waals surface area (Å²) < 4.78 is 3.55. The van der Waals surface area contributed by atoms with E-state index in [4.69, 9.17) is 0 Å². The normalized spacial score (nSPS) is 11.2. The number of thiophene rings is 1. The molecule has 0 saturated heterocycles. The summed E-state index contributed by atoms with van der Waals surface area (Å²) in [5.41, 5.74) is 0. The Balaban J connectivity index is 2.63. The zero-order valence-electron chi connectivity index (χ0n) is 7.90. The van der Waals surface area contributed by atoms with Crippen molar-refractivity contribution < 1.29 is 4.57 Å². The molecular formula is C12H10NS+. The number of fused-ring (bicyclic) bond motifs is 3. The van der Waals surface area contributed by atoms with Crippen LogP contribution in [-0.2, 0) is 7.05 Å². The third-order valence-electron chi connectivity index (χ3n) is 2.51. The summed E-state index contributed by atoms with van der Waals surface area (Å²) in [6, 6.07) is 12.9. The van der Waals surface area contributed by atoms with E-state index in [1.807, 2.05) is 11.3 Å². The van der Waals surface area contributed by atoms with Gasteiger partial charge >= 0.3 is 0 Å². The van der Waals surface area contributed by atoms with Gasteiger partial charge in [-0.3, -0.25) is 0 Å². The predicted molar refractivity (Wildman–Crippen MR) is 60.5 cm³/mol. The molecule has 2 heteroatoms. The Morgan fingerprint density at radius 2 is 1.79 bits per heavy atom. The SMILES string of the molecule is C[n+]1cccc2c3ccccc3sc21. The van der Waals surface area contributed by atoms with Gasteiger partial charge in [0.15, 0.2) is 6.20 Å². The molecule has 3 aromatic rings. The minimum absolute atomic E-state index is 1.34. The van der Waals surface area contributed by atoms with Crippen LogP contribution in [0.3, 0.4) is 0 Å². The highest BCUT2D eigenvalue weighted by Crippen LogP contribution is 2.30. The first-order chi connectivity index (χ1) is 6.86. The number of benzene rings is 1. The molecule has 2 aromatic heterocycles. The van der Waals surface area contributed by atoms with E-state index in [2.05, 4.69) is 54.2 Å². The van der Waals surface area contributed by atoms with Gasteiger partial charge in [0.2, 0.25) is 0 Å². The molecule has 0 fully saturated rings. The van der Waals surface area contributed by atoms with E-state index in [0.717, 1.165) is 0 Å². The zero-order valence-corrected chi connectivity index (χ0v) is 8.71. The summed E-state index contributed by atoms with van der Waals surface area (Å²) in [6.07, 6.45) is 2.09. The van der Waals surface area contributed by atoms with Crippen molar-refractivity contribution in [3.8, 4) is 0 Å². The molecule has 0 saturated carbocycles. The smallest absolute Gasteiger partial charge is 0.192 e. The van der Waals surface area contributed by atoms with Crippen LogP contribution in [0.4, 0.5) is 0 Å². The highest BCUT2D eigenvalue weighted by atomic mass is 32.1. The van der Waals surface area contributed by atoms with Gasteiger partial charge in [0.05, 0.1) is 5.39 Å². The lowest BCUT2D eigenvalue weighted by Crippen LogP contribution is -2.26. The summed E-state index contributed by atoms with van der Waals surface area (Å²) in [4.78, 5) is 1.34. The van der Waals surface area contributed by atoms with Crippen LogP contribution in [0, 0.1) is 0 Å². The van der Waals surface area contributed by atoms with Gasteiger partial charge < -0.3 is 0 Å². The van der Waals surface area contributed by atoms with Crippen LogP contribution in [-0.4, -0.2) is 0 Å². The van der Waals surface area contributed by atoms with E-state index in [9.17, 15) is 0 Å². The van der Waals surface area contributed by atoms with Gasteiger partial charge in [-0.15, -0.1) is 0 Å². The molecule has 0 bridgehead atoms. The summed E-state index contributed by atoms with van der Waals surface area (Å²) in [6.45, 7) is 0. The van der Waals surface area contributed by atoms with Crippen molar-refractivity contribution in [2.45, 2.75) is 0 Å². The van der Waals surface area contributed by atoms with Crippen LogP contribution in [0.2, 0.25) is 0 Å². The van der Waals surface area contributed by atoms with Crippen molar-refractivity contribution >= 4 is 31.6 Å². The fourth-order valence-electron chi connectivity index (χ4n) is 1.81. The van der Waals surface area contributed by atoms with Crippen molar-refractivity contribution in [1.29, 1.82) is 0 Å². The minimum atomic E-state index is 1.34. The van der Waals surface area contributed by atoms with Crippen LogP contribution >= 0.6 is 11.3 Å². The van der Waals surface area contributed by atoms with Crippen LogP contribution in [0.15, 0.2) is 42.6 Å². The maximum absolute atomic E-state index is 2.19. The molecule has 1 aromatic carbocycles. The Morgan fingerprint density at radius 1 is 1.00 bits per heavy atom. The Hall–Kier alpha value is -1.41. The fraction of sp³-hybridized carbons (Fsp3) is 0.0833. The molecule has 0 aliphatic carbocycles. The van der Waals surface area contributed by atoms with Crippen LogP contribution in [0.25, 0.3) is 20.3 Å². The van der Waals surface area contributed by atoms with Crippen molar-refractivity contribution in [3.63, 3.8) is 0 Å². The first-order valence-corrected chi connectivity index (χ1v) is 5.44. The molecule has 0 radical (unpaired) electrons. The molecule has 0 atom stereocenters. The number of aromatic nitrogens is 1. The number of nitrogens with zero attached hydrogens (tertiary/aromatic N) is 1. The number of rotatable bonds is 0. The van der Waals surface area contributed by atoms with E-state index < -0.39 is 0 Å². The monoisotopic (exact) mass is 200 g/mol. The zero-order chi connectivity index (χ0) is 9.54. The number of hydrogen-bond acceptors (Lipinski definition) is 1. The van der Waals surface area contributed by atoms with Gasteiger partial charge in [0, 0.05) is 16.2 Å². The van der Waals surface area contributed by atoms with Gasteiger partial charge in [-0.25, -0.2) is 0 Å². The van der Waals surface area contributed by atoms with E-state index >= 15 is 0 Å². The molecule has 2 heterocycles. The van der Waals surface area contributed by atoms with Crippen LogP contribution < -0.4 is 4.57 Å². The molecule has 0 aliphatic rings. The Morgan fingerprint density at radius 3 is 2.71 bits per heavy atom. The van der Waals surface area contributed by atoms with E-state index in [1.165, 1.54) is 20.3 Å². The quantitative estimate of drug-likeness (QED) is 0.491. The molecule has 3 rings (SSSR count). The Labute approximate surface area is 86.2 Å². The third-order valence-corrected chi connectivity index (χ3v) is 3.78. The predicted octanol–water partition coefficient (Wildman–Crippen LogP) is 2.88. The second-order valence-electron chi connectivity index (χ2n) is 3.44. The average molecular weight is 200 g/mol. The van der Waals surface area contributed by atoms with E-state index in [1.54, 1.807) is 0 Å². The maximum Gasteiger partial charge on any atom is 0.269 e. The standard InChI is InChI=1S/C12H10NS/c1-13-8-4-6-10-9-5-2-3-7-11(9)14-12(10)13/h2-8H,1H3/q+1. The molecule has 1 nitrogen and oxygen atoms in total. The Bertz CT molecular complexity index is 610. The van der Waals surface area contributed by atoms with Gasteiger partial charge in [-0.1, -0.05) is 29.5 Å². The minimum Gasteiger partial charge on any atom is -0.192 e. The average Bonchev–Trinajstić information content (AvgIpc) is 2.59. The number of pyridine rings is 1.